The summed E-state index contributed by atoms with van der Waals surface area (Å²) in [5, 5.41) is 9.16. The monoisotopic (exact) mass is 934 g/mol. The van der Waals surface area contributed by atoms with Gasteiger partial charge in [-0.15, -0.1) is 11.3 Å². The molecule has 0 amide bonds. The predicted octanol–water partition coefficient (Wildman–Crippen LogP) is 9.04. The Hall–Kier alpha value is -5.10. The zero-order valence-electron chi connectivity index (χ0n) is 35.9. The first-order valence-corrected chi connectivity index (χ1v) is 24.7. The van der Waals surface area contributed by atoms with E-state index in [1.165, 1.54) is 26.4 Å². The Morgan fingerprint density at radius 3 is 1.73 bits per heavy atom. The fourth-order valence-corrected chi connectivity index (χ4v) is 11.8. The molecule has 0 aliphatic carbocycles. The van der Waals surface area contributed by atoms with Gasteiger partial charge in [-0.3, -0.25) is 9.44 Å². The number of fused-ring (bicyclic) bond motifs is 1. The highest BCUT2D eigenvalue weighted by molar-refractivity contribution is 7.94. The number of nitrogens with one attached hydrogen (secondary N) is 4. The van der Waals surface area contributed by atoms with Crippen molar-refractivity contribution in [1.82, 2.24) is 10.6 Å². The number of nitrogens with zero attached hydrogens (tertiary/aromatic N) is 2. The van der Waals surface area contributed by atoms with Gasteiger partial charge in [0, 0.05) is 82.6 Å². The summed E-state index contributed by atoms with van der Waals surface area (Å²) in [5.74, 6) is 0.506. The van der Waals surface area contributed by atoms with E-state index in [4.69, 9.17) is 21.1 Å². The van der Waals surface area contributed by atoms with Crippen LogP contribution in [0.2, 0.25) is 5.02 Å². The Labute approximate surface area is 378 Å². The van der Waals surface area contributed by atoms with Crippen LogP contribution in [0.5, 0.6) is 11.5 Å². The van der Waals surface area contributed by atoms with Gasteiger partial charge >= 0.3 is 0 Å². The maximum atomic E-state index is 14.1. The van der Waals surface area contributed by atoms with Crippen LogP contribution >= 0.6 is 22.9 Å². The molecule has 6 aromatic rings. The lowest BCUT2D eigenvalue weighted by atomic mass is 10.1. The number of hydrogen-bond donors (Lipinski definition) is 4. The quantitative estimate of drug-likeness (QED) is 0.0995. The number of piperazine rings is 2. The summed E-state index contributed by atoms with van der Waals surface area (Å²) in [6, 6.07) is 32.2. The minimum atomic E-state index is -3.88. The van der Waals surface area contributed by atoms with E-state index in [9.17, 15) is 21.2 Å². The largest absolute Gasteiger partial charge is 0.495 e. The van der Waals surface area contributed by atoms with Gasteiger partial charge in [0.15, 0.2) is 0 Å². The predicted molar refractivity (Wildman–Crippen MR) is 255 cm³/mol. The van der Waals surface area contributed by atoms with Crippen molar-refractivity contribution in [2.24, 2.45) is 0 Å². The van der Waals surface area contributed by atoms with Gasteiger partial charge in [0.2, 0.25) is 0 Å². The van der Waals surface area contributed by atoms with E-state index in [1.807, 2.05) is 24.3 Å². The molecule has 2 aliphatic heterocycles. The Morgan fingerprint density at radius 2 is 1.19 bits per heavy atom. The van der Waals surface area contributed by atoms with Crippen LogP contribution in [0.3, 0.4) is 0 Å². The van der Waals surface area contributed by atoms with Gasteiger partial charge in [-0.1, -0.05) is 48.0 Å². The Bertz CT molecular complexity index is 2790. The third kappa shape index (κ3) is 10.8. The van der Waals surface area contributed by atoms with Crippen molar-refractivity contribution >= 4 is 76.5 Å². The summed E-state index contributed by atoms with van der Waals surface area (Å²) in [6.45, 7) is 11.9. The van der Waals surface area contributed by atoms with Gasteiger partial charge in [0.1, 0.15) is 21.5 Å². The molecule has 1 aromatic heterocycles. The number of rotatable bonds is 11. The lowest BCUT2D eigenvalue weighted by molar-refractivity contribution is 0.406. The van der Waals surface area contributed by atoms with Crippen LogP contribution in [-0.2, 0) is 20.0 Å². The molecule has 8 rings (SSSR count). The fraction of sp³-hybridized carbons (Fsp3) is 0.304. The van der Waals surface area contributed by atoms with E-state index in [-0.39, 0.29) is 14.9 Å². The fourth-order valence-electron chi connectivity index (χ4n) is 8.08. The average molecular weight is 936 g/mol. The molecule has 3 heterocycles. The summed E-state index contributed by atoms with van der Waals surface area (Å²) in [4.78, 5) is 5.19. The average Bonchev–Trinajstić information content (AvgIpc) is 3.75. The van der Waals surface area contributed by atoms with Crippen molar-refractivity contribution in [3.63, 3.8) is 0 Å². The standard InChI is InChI=1S/C23H26ClN3O3S.C23H26FN3O3S2/c1-15-13-27(14-16(2)25-15)18-7-10-23(30-3)22(12-18)26-31(28,29)19-8-9-20-17(11-19)5-4-6-21(20)24;1-15-13-27(14-16(2)25-15)17-8-9-21(30-3)20(12-17)26-32(28,29)23-11-10-22(31-23)18-6-4-5-7-19(18)24/h4-12,15-16,25-26H,13-14H2,1-3H3;4-12,15-16,25-26H,13-14H2,1-3H3/t2*15-,16+. The van der Waals surface area contributed by atoms with Gasteiger partial charge in [-0.05, 0) is 106 Å². The normalized spacial score (nSPS) is 19.2. The summed E-state index contributed by atoms with van der Waals surface area (Å²) >= 11 is 7.24. The Balaban J connectivity index is 0.000000189. The molecule has 4 atom stereocenters. The zero-order valence-corrected chi connectivity index (χ0v) is 39.1. The van der Waals surface area contributed by atoms with Crippen molar-refractivity contribution in [1.29, 1.82) is 0 Å². The maximum Gasteiger partial charge on any atom is 0.271 e. The van der Waals surface area contributed by atoms with Gasteiger partial charge in [0.25, 0.3) is 20.0 Å². The van der Waals surface area contributed by atoms with Crippen LogP contribution in [0.1, 0.15) is 27.7 Å². The number of anilines is 4. The molecule has 0 radical (unpaired) electrons. The highest BCUT2D eigenvalue weighted by atomic mass is 35.5. The maximum absolute atomic E-state index is 14.1. The molecule has 63 heavy (non-hydrogen) atoms. The summed E-state index contributed by atoms with van der Waals surface area (Å²) < 4.78 is 83.0. The third-order valence-corrected chi connectivity index (χ3v) is 15.5. The Morgan fingerprint density at radius 1 is 0.651 bits per heavy atom. The third-order valence-electron chi connectivity index (χ3n) is 10.8. The van der Waals surface area contributed by atoms with E-state index >= 15 is 0 Å². The smallest absolute Gasteiger partial charge is 0.271 e. The number of benzene rings is 5. The molecule has 17 heteroatoms. The minimum absolute atomic E-state index is 0.104. The van der Waals surface area contributed by atoms with Crippen LogP contribution in [0.25, 0.3) is 21.2 Å². The minimum Gasteiger partial charge on any atom is -0.495 e. The van der Waals surface area contributed by atoms with Crippen molar-refractivity contribution in [2.75, 3.05) is 59.6 Å². The SMILES string of the molecule is COc1ccc(N2C[C@@H](C)N[C@@H](C)C2)cc1NS(=O)(=O)c1ccc(-c2ccccc2F)s1.COc1ccc(N2C[C@@H](C)N[C@@H](C)C2)cc1NS(=O)(=O)c1ccc2c(Cl)cccc2c1. The molecular formula is C46H52ClFN6O6S3. The molecule has 2 aliphatic rings. The van der Waals surface area contributed by atoms with Crippen LogP contribution in [-0.4, -0.2) is 81.4 Å². The molecule has 0 unspecified atom stereocenters. The van der Waals surface area contributed by atoms with Crippen LogP contribution < -0.4 is 39.4 Å². The van der Waals surface area contributed by atoms with Crippen molar-refractivity contribution in [2.45, 2.75) is 61.0 Å². The van der Waals surface area contributed by atoms with Crippen LogP contribution in [0, 0.1) is 5.82 Å². The lowest BCUT2D eigenvalue weighted by Gasteiger charge is -2.38. The van der Waals surface area contributed by atoms with Crippen molar-refractivity contribution in [3.05, 3.63) is 120 Å². The second-order valence-electron chi connectivity index (χ2n) is 15.9. The van der Waals surface area contributed by atoms with E-state index in [1.54, 1.807) is 72.8 Å². The number of halogens is 2. The first-order valence-electron chi connectivity index (χ1n) is 20.5. The van der Waals surface area contributed by atoms with Crippen LogP contribution in [0.4, 0.5) is 27.1 Å². The molecule has 0 bridgehead atoms. The molecule has 0 saturated carbocycles. The number of methoxy groups -OCH3 is 2. The van der Waals surface area contributed by atoms with E-state index in [0.29, 0.717) is 62.5 Å². The molecule has 2 fully saturated rings. The number of hydrogen-bond acceptors (Lipinski definition) is 11. The first-order chi connectivity index (χ1) is 30.0. The molecule has 334 valence electrons. The number of sulfonamides is 2. The highest BCUT2D eigenvalue weighted by Crippen LogP contribution is 2.37. The van der Waals surface area contributed by atoms with E-state index in [2.05, 4.69) is 57.6 Å². The topological polar surface area (TPSA) is 141 Å². The van der Waals surface area contributed by atoms with Crippen molar-refractivity contribution < 1.29 is 30.7 Å². The molecule has 12 nitrogen and oxygen atoms in total. The summed E-state index contributed by atoms with van der Waals surface area (Å²) in [6.07, 6.45) is 0. The number of thiophene rings is 1. The van der Waals surface area contributed by atoms with Crippen molar-refractivity contribution in [3.8, 4) is 21.9 Å². The van der Waals surface area contributed by atoms with Gasteiger partial charge < -0.3 is 29.9 Å². The summed E-state index contributed by atoms with van der Waals surface area (Å²) in [7, 11) is -4.67. The van der Waals surface area contributed by atoms with Crippen LogP contribution in [0.15, 0.2) is 118 Å². The highest BCUT2D eigenvalue weighted by Gasteiger charge is 2.26. The van der Waals surface area contributed by atoms with Gasteiger partial charge in [-0.2, -0.15) is 0 Å². The lowest BCUT2D eigenvalue weighted by Crippen LogP contribution is -2.54. The molecule has 0 spiro atoms. The molecule has 4 N–H and O–H groups in total. The number of ether oxygens (including phenoxy) is 2. The molecular weight excluding hydrogens is 883 g/mol. The second kappa shape index (κ2) is 19.3. The van der Waals surface area contributed by atoms with Gasteiger partial charge in [0.05, 0.1) is 30.5 Å². The second-order valence-corrected chi connectivity index (χ2v) is 21.0. The van der Waals surface area contributed by atoms with E-state index < -0.39 is 20.0 Å². The molecule has 5 aromatic carbocycles. The first kappa shape index (κ1) is 45.9. The Kier molecular flexibility index (Phi) is 14.1. The summed E-state index contributed by atoms with van der Waals surface area (Å²) in [5.41, 5.74) is 3.01. The van der Waals surface area contributed by atoms with E-state index in [0.717, 1.165) is 59.7 Å². The van der Waals surface area contributed by atoms with Gasteiger partial charge in [-0.25, -0.2) is 21.2 Å². The zero-order chi connectivity index (χ0) is 45.1. The molecule has 2 saturated heterocycles.